The Hall–Kier alpha value is -3.06. The minimum Gasteiger partial charge on any atom is -0.477 e. The summed E-state index contributed by atoms with van der Waals surface area (Å²) in [5.41, 5.74) is 3.57. The van der Waals surface area contributed by atoms with Crippen LogP contribution in [0.4, 0.5) is 15.8 Å². The van der Waals surface area contributed by atoms with Gasteiger partial charge in [-0.1, -0.05) is 18.2 Å². The lowest BCUT2D eigenvalue weighted by atomic mass is 10.1. The van der Waals surface area contributed by atoms with Crippen molar-refractivity contribution >= 4 is 28.2 Å². The average Bonchev–Trinajstić information content (AvgIpc) is 3.19. The molecule has 0 radical (unpaired) electrons. The second-order valence-electron chi connectivity index (χ2n) is 8.31. The molecule has 1 saturated heterocycles. The van der Waals surface area contributed by atoms with Gasteiger partial charge in [-0.15, -0.1) is 0 Å². The molecule has 2 aromatic carbocycles. The number of hydrogen-bond donors (Lipinski definition) is 2. The van der Waals surface area contributed by atoms with Gasteiger partial charge in [0, 0.05) is 37.8 Å². The standard InChI is InChI=1S/C24H27FN4O2/c1-16-24(30)27-20-8-3-9-21(23(20)31-16)29-13-11-28(12-14-29)10-4-5-17-15-26-22-18(17)6-2-7-19(22)25/h2-3,6-9,15-16,26H,4-5,10-14H2,1H3,(H,27,30)/t16-/m1/s1. The van der Waals surface area contributed by atoms with E-state index in [0.29, 0.717) is 5.52 Å². The fraction of sp³-hybridized carbons (Fsp3) is 0.375. The third-order valence-electron chi connectivity index (χ3n) is 6.30. The molecule has 0 bridgehead atoms. The Bertz CT molecular complexity index is 1100. The maximum atomic E-state index is 13.9. The smallest absolute Gasteiger partial charge is 0.265 e. The molecular weight excluding hydrogens is 395 g/mol. The number of aromatic nitrogens is 1. The van der Waals surface area contributed by atoms with Gasteiger partial charge in [-0.3, -0.25) is 9.69 Å². The number of piperazine rings is 1. The molecule has 5 rings (SSSR count). The molecule has 2 N–H and O–H groups in total. The first-order valence-electron chi connectivity index (χ1n) is 10.9. The Morgan fingerprint density at radius 2 is 1.94 bits per heavy atom. The lowest BCUT2D eigenvalue weighted by Gasteiger charge is -2.38. The highest BCUT2D eigenvalue weighted by molar-refractivity contribution is 5.99. The van der Waals surface area contributed by atoms with Crippen LogP contribution in [0.1, 0.15) is 18.9 Å². The molecule has 6 nitrogen and oxygen atoms in total. The maximum Gasteiger partial charge on any atom is 0.265 e. The van der Waals surface area contributed by atoms with Crippen LogP contribution in [0.25, 0.3) is 10.9 Å². The van der Waals surface area contributed by atoms with Gasteiger partial charge in [0.25, 0.3) is 5.91 Å². The van der Waals surface area contributed by atoms with Gasteiger partial charge in [0.1, 0.15) is 5.82 Å². The van der Waals surface area contributed by atoms with Gasteiger partial charge < -0.3 is 19.9 Å². The van der Waals surface area contributed by atoms with E-state index in [9.17, 15) is 9.18 Å². The molecule has 0 saturated carbocycles. The molecule has 1 aromatic heterocycles. The molecule has 1 amide bonds. The van der Waals surface area contributed by atoms with Crippen molar-refractivity contribution in [3.63, 3.8) is 0 Å². The highest BCUT2D eigenvalue weighted by Gasteiger charge is 2.28. The summed E-state index contributed by atoms with van der Waals surface area (Å²) < 4.78 is 19.8. The number of nitrogens with one attached hydrogen (secondary N) is 2. The van der Waals surface area contributed by atoms with Crippen LogP contribution in [-0.2, 0) is 11.2 Å². The molecule has 0 unspecified atom stereocenters. The minimum atomic E-state index is -0.479. The van der Waals surface area contributed by atoms with Crippen LogP contribution in [0.3, 0.4) is 0 Å². The van der Waals surface area contributed by atoms with E-state index in [2.05, 4.69) is 26.2 Å². The van der Waals surface area contributed by atoms with Gasteiger partial charge in [0.15, 0.2) is 11.9 Å². The van der Waals surface area contributed by atoms with Crippen molar-refractivity contribution in [2.45, 2.75) is 25.9 Å². The lowest BCUT2D eigenvalue weighted by Crippen LogP contribution is -2.47. The molecule has 0 spiro atoms. The number of carbonyl (C=O) groups excluding carboxylic acids is 1. The highest BCUT2D eigenvalue weighted by Crippen LogP contribution is 2.39. The largest absolute Gasteiger partial charge is 0.477 e. The number of nitrogens with zero attached hydrogens (tertiary/aromatic N) is 2. The molecule has 162 valence electrons. The molecular formula is C24H27FN4O2. The molecule has 1 atom stereocenters. The first-order chi connectivity index (χ1) is 15.1. The fourth-order valence-electron chi connectivity index (χ4n) is 4.55. The Labute approximate surface area is 181 Å². The summed E-state index contributed by atoms with van der Waals surface area (Å²) in [5.74, 6) is 0.475. The Morgan fingerprint density at radius 3 is 2.77 bits per heavy atom. The van der Waals surface area contributed by atoms with Crippen LogP contribution in [0.5, 0.6) is 5.75 Å². The molecule has 3 aromatic rings. The zero-order valence-electron chi connectivity index (χ0n) is 17.7. The van der Waals surface area contributed by atoms with Gasteiger partial charge in [-0.05, 0) is 50.1 Å². The summed E-state index contributed by atoms with van der Waals surface area (Å²) in [4.78, 5) is 19.8. The van der Waals surface area contributed by atoms with Crippen LogP contribution in [-0.4, -0.2) is 54.6 Å². The van der Waals surface area contributed by atoms with E-state index in [1.807, 2.05) is 24.4 Å². The number of aromatic amines is 1. The number of anilines is 2. The molecule has 0 aliphatic carbocycles. The van der Waals surface area contributed by atoms with E-state index < -0.39 is 6.10 Å². The van der Waals surface area contributed by atoms with Crippen molar-refractivity contribution in [3.05, 3.63) is 54.0 Å². The van der Waals surface area contributed by atoms with Crippen LogP contribution in [0, 0.1) is 5.82 Å². The third kappa shape index (κ3) is 3.85. The summed E-state index contributed by atoms with van der Waals surface area (Å²) in [6.07, 6.45) is 3.43. The van der Waals surface area contributed by atoms with Gasteiger partial charge in [0.05, 0.1) is 16.9 Å². The molecule has 2 aliphatic rings. The fourth-order valence-corrected chi connectivity index (χ4v) is 4.55. The number of H-pyrrole nitrogens is 1. The number of rotatable bonds is 5. The predicted molar refractivity (Wildman–Crippen MR) is 120 cm³/mol. The number of carbonyl (C=O) groups is 1. The Balaban J connectivity index is 1.17. The summed E-state index contributed by atoms with van der Waals surface area (Å²) >= 11 is 0. The van der Waals surface area contributed by atoms with Crippen molar-refractivity contribution in [3.8, 4) is 5.75 Å². The second kappa shape index (κ2) is 8.23. The van der Waals surface area contributed by atoms with E-state index in [4.69, 9.17) is 4.74 Å². The van der Waals surface area contributed by atoms with Gasteiger partial charge in [-0.2, -0.15) is 0 Å². The lowest BCUT2D eigenvalue weighted by molar-refractivity contribution is -0.122. The number of para-hydroxylation sites is 2. The predicted octanol–water partition coefficient (Wildman–Crippen LogP) is 3.78. The van der Waals surface area contributed by atoms with Crippen molar-refractivity contribution in [2.24, 2.45) is 0 Å². The van der Waals surface area contributed by atoms with Crippen LogP contribution in [0.15, 0.2) is 42.6 Å². The van der Waals surface area contributed by atoms with Crippen LogP contribution < -0.4 is 15.0 Å². The normalized spacial score (nSPS) is 19.2. The van der Waals surface area contributed by atoms with Gasteiger partial charge >= 0.3 is 0 Å². The Morgan fingerprint density at radius 1 is 1.13 bits per heavy atom. The second-order valence-corrected chi connectivity index (χ2v) is 8.31. The summed E-state index contributed by atoms with van der Waals surface area (Å²) in [7, 11) is 0. The first-order valence-corrected chi connectivity index (χ1v) is 10.9. The zero-order chi connectivity index (χ0) is 21.4. The van der Waals surface area contributed by atoms with E-state index >= 15 is 0 Å². The molecule has 3 heterocycles. The van der Waals surface area contributed by atoms with E-state index in [-0.39, 0.29) is 11.7 Å². The van der Waals surface area contributed by atoms with Crippen LogP contribution >= 0.6 is 0 Å². The van der Waals surface area contributed by atoms with Crippen LogP contribution in [0.2, 0.25) is 0 Å². The van der Waals surface area contributed by atoms with E-state index in [0.717, 1.165) is 68.1 Å². The molecule has 2 aliphatic heterocycles. The quantitative estimate of drug-likeness (QED) is 0.657. The third-order valence-corrected chi connectivity index (χ3v) is 6.30. The monoisotopic (exact) mass is 422 g/mol. The van der Waals surface area contributed by atoms with Crippen molar-refractivity contribution in [1.29, 1.82) is 0 Å². The summed E-state index contributed by atoms with van der Waals surface area (Å²) in [5, 5.41) is 3.91. The highest BCUT2D eigenvalue weighted by atomic mass is 19.1. The summed E-state index contributed by atoms with van der Waals surface area (Å²) in [6, 6.07) is 11.2. The number of aryl methyl sites for hydroxylation is 1. The SMILES string of the molecule is C[C@H]1Oc2c(cccc2N2CCN(CCCc3c[nH]c4c(F)cccc34)CC2)NC1=O. The maximum absolute atomic E-state index is 13.9. The number of benzene rings is 2. The van der Waals surface area contributed by atoms with E-state index in [1.165, 1.54) is 11.6 Å². The topological polar surface area (TPSA) is 60.6 Å². The Kier molecular flexibility index (Phi) is 5.28. The molecule has 7 heteroatoms. The number of hydrogen-bond acceptors (Lipinski definition) is 4. The molecule has 1 fully saturated rings. The molecule has 31 heavy (non-hydrogen) atoms. The number of ether oxygens (including phenoxy) is 1. The number of halogens is 1. The number of amides is 1. The van der Waals surface area contributed by atoms with Gasteiger partial charge in [0.2, 0.25) is 0 Å². The number of fused-ring (bicyclic) bond motifs is 2. The van der Waals surface area contributed by atoms with Crippen molar-refractivity contribution in [2.75, 3.05) is 42.9 Å². The minimum absolute atomic E-state index is 0.104. The first kappa shape index (κ1) is 19.9. The summed E-state index contributed by atoms with van der Waals surface area (Å²) in [6.45, 7) is 6.59. The van der Waals surface area contributed by atoms with E-state index in [1.54, 1.807) is 13.0 Å². The van der Waals surface area contributed by atoms with Gasteiger partial charge in [-0.25, -0.2) is 4.39 Å². The van der Waals surface area contributed by atoms with Crippen molar-refractivity contribution < 1.29 is 13.9 Å². The zero-order valence-corrected chi connectivity index (χ0v) is 17.7. The average molecular weight is 423 g/mol. The van der Waals surface area contributed by atoms with Crippen molar-refractivity contribution in [1.82, 2.24) is 9.88 Å².